The Balaban J connectivity index is 1.56. The minimum absolute atomic E-state index is 0.706. The number of rotatable bonds is 5. The predicted octanol–water partition coefficient (Wildman–Crippen LogP) is 2.88. The first-order valence-electron chi connectivity index (χ1n) is 7.37. The number of piperidine rings is 1. The lowest BCUT2D eigenvalue weighted by molar-refractivity contribution is 0.298. The number of nitrogens with one attached hydrogen (secondary N) is 1. The van der Waals surface area contributed by atoms with Gasteiger partial charge in [0.2, 0.25) is 0 Å². The number of hydrogen-bond acceptors (Lipinski definition) is 3. The molecule has 2 fully saturated rings. The third-order valence-electron chi connectivity index (χ3n) is 3.86. The Kier molecular flexibility index (Phi) is 4.13. The molecule has 0 aromatic carbocycles. The Morgan fingerprint density at radius 3 is 2.84 bits per heavy atom. The monoisotopic (exact) mass is 258 g/mol. The van der Waals surface area contributed by atoms with Crippen LogP contribution in [-0.4, -0.2) is 24.7 Å². The Bertz CT molecular complexity index is 434. The summed E-state index contributed by atoms with van der Waals surface area (Å²) in [5.41, 5.74) is 1.15. The summed E-state index contributed by atoms with van der Waals surface area (Å²) in [4.78, 5) is 4.26. The van der Waals surface area contributed by atoms with Gasteiger partial charge in [0, 0.05) is 6.20 Å². The highest BCUT2D eigenvalue weighted by molar-refractivity contribution is 5.50. The maximum absolute atomic E-state index is 5.76. The van der Waals surface area contributed by atoms with Gasteiger partial charge in [-0.1, -0.05) is 12.2 Å². The number of aromatic nitrogens is 1. The summed E-state index contributed by atoms with van der Waals surface area (Å²) < 4.78 is 5.76. The van der Waals surface area contributed by atoms with E-state index in [4.69, 9.17) is 4.74 Å². The molecular formula is C16H22N2O. The lowest BCUT2D eigenvalue weighted by atomic mass is 9.97. The van der Waals surface area contributed by atoms with Crippen molar-refractivity contribution in [3.63, 3.8) is 0 Å². The molecule has 0 unspecified atom stereocenters. The van der Waals surface area contributed by atoms with E-state index in [1.54, 1.807) is 0 Å². The third kappa shape index (κ3) is 4.06. The van der Waals surface area contributed by atoms with Crippen LogP contribution >= 0.6 is 0 Å². The van der Waals surface area contributed by atoms with E-state index in [-0.39, 0.29) is 0 Å². The first kappa shape index (κ1) is 12.7. The summed E-state index contributed by atoms with van der Waals surface area (Å²) in [5.74, 6) is 2.39. The van der Waals surface area contributed by atoms with E-state index in [2.05, 4.69) is 28.5 Å². The lowest BCUT2D eigenvalue weighted by Crippen LogP contribution is -2.26. The van der Waals surface area contributed by atoms with Crippen molar-refractivity contribution in [2.45, 2.75) is 25.7 Å². The smallest absolute Gasteiger partial charge is 0.138 e. The van der Waals surface area contributed by atoms with E-state index in [0.29, 0.717) is 5.92 Å². The van der Waals surface area contributed by atoms with Gasteiger partial charge in [-0.15, -0.1) is 0 Å². The summed E-state index contributed by atoms with van der Waals surface area (Å²) in [6.07, 6.45) is 13.3. The summed E-state index contributed by atoms with van der Waals surface area (Å²) in [7, 11) is 0. The Hall–Kier alpha value is -1.35. The number of hydrogen-bond donors (Lipinski definition) is 1. The van der Waals surface area contributed by atoms with Gasteiger partial charge < -0.3 is 10.1 Å². The van der Waals surface area contributed by atoms with Crippen LogP contribution in [0.4, 0.5) is 0 Å². The van der Waals surface area contributed by atoms with Crippen LogP contribution in [-0.2, 0) is 0 Å². The molecule has 1 aromatic rings. The van der Waals surface area contributed by atoms with E-state index in [1.807, 2.05) is 12.4 Å². The molecule has 3 rings (SSSR count). The summed E-state index contributed by atoms with van der Waals surface area (Å²) in [5, 5.41) is 3.39. The van der Waals surface area contributed by atoms with Crippen LogP contribution in [0.25, 0.3) is 6.08 Å². The van der Waals surface area contributed by atoms with Crippen molar-refractivity contribution in [2.24, 2.45) is 11.8 Å². The second kappa shape index (κ2) is 6.20. The van der Waals surface area contributed by atoms with E-state index in [9.17, 15) is 0 Å². The van der Waals surface area contributed by atoms with Crippen LogP contribution in [0.5, 0.6) is 5.75 Å². The highest BCUT2D eigenvalue weighted by Gasteiger charge is 2.21. The van der Waals surface area contributed by atoms with Crippen molar-refractivity contribution in [1.82, 2.24) is 10.3 Å². The second-order valence-corrected chi connectivity index (χ2v) is 5.65. The molecule has 0 amide bonds. The second-order valence-electron chi connectivity index (χ2n) is 5.65. The van der Waals surface area contributed by atoms with Crippen LogP contribution in [0.2, 0.25) is 0 Å². The highest BCUT2D eigenvalue weighted by Crippen LogP contribution is 2.29. The van der Waals surface area contributed by atoms with Crippen molar-refractivity contribution < 1.29 is 4.74 Å². The molecule has 1 N–H and O–H groups in total. The molecule has 1 aliphatic heterocycles. The number of ether oxygens (including phenoxy) is 1. The first-order chi connectivity index (χ1) is 9.40. The van der Waals surface area contributed by atoms with E-state index >= 15 is 0 Å². The first-order valence-corrected chi connectivity index (χ1v) is 7.37. The van der Waals surface area contributed by atoms with Gasteiger partial charge in [0.25, 0.3) is 0 Å². The molecule has 3 nitrogen and oxygen atoms in total. The highest BCUT2D eigenvalue weighted by atomic mass is 16.5. The molecule has 1 saturated carbocycles. The van der Waals surface area contributed by atoms with Crippen LogP contribution in [0.1, 0.15) is 31.2 Å². The molecule has 0 radical (unpaired) electrons. The molecule has 19 heavy (non-hydrogen) atoms. The standard InChI is InChI=1S/C16H22N2O/c1(13-5-7-17-8-6-13)4-15-9-16(11-18-10-15)19-12-14-2-3-14/h1,4,9-11,13-14,17H,2-3,5-8,12H2. The van der Waals surface area contributed by atoms with Crippen molar-refractivity contribution in [3.8, 4) is 5.75 Å². The molecule has 1 saturated heterocycles. The SMILES string of the molecule is C(=CC1CCNCC1)c1cncc(OCC2CC2)c1. The number of nitrogens with zero attached hydrogens (tertiary/aromatic N) is 1. The predicted molar refractivity (Wildman–Crippen MR) is 77.1 cm³/mol. The van der Waals surface area contributed by atoms with Gasteiger partial charge in [0.05, 0.1) is 12.8 Å². The average Bonchev–Trinajstić information content (AvgIpc) is 3.29. The van der Waals surface area contributed by atoms with Gasteiger partial charge in [0.15, 0.2) is 0 Å². The van der Waals surface area contributed by atoms with Crippen LogP contribution in [0.3, 0.4) is 0 Å². The molecule has 0 spiro atoms. The molecule has 1 aromatic heterocycles. The quantitative estimate of drug-likeness (QED) is 0.882. The van der Waals surface area contributed by atoms with Crippen LogP contribution in [0, 0.1) is 11.8 Å². The van der Waals surface area contributed by atoms with Crippen molar-refractivity contribution in [2.75, 3.05) is 19.7 Å². The van der Waals surface area contributed by atoms with E-state index < -0.39 is 0 Å². The number of allylic oxidation sites excluding steroid dienone is 1. The minimum atomic E-state index is 0.706. The summed E-state index contributed by atoms with van der Waals surface area (Å²) >= 11 is 0. The Morgan fingerprint density at radius 1 is 1.21 bits per heavy atom. The fourth-order valence-electron chi connectivity index (χ4n) is 2.39. The minimum Gasteiger partial charge on any atom is -0.492 e. The summed E-state index contributed by atoms with van der Waals surface area (Å²) in [6, 6.07) is 2.09. The Labute approximate surface area is 115 Å². The zero-order valence-electron chi connectivity index (χ0n) is 11.3. The molecular weight excluding hydrogens is 236 g/mol. The van der Waals surface area contributed by atoms with Gasteiger partial charge in [-0.3, -0.25) is 4.98 Å². The molecule has 2 aliphatic rings. The van der Waals surface area contributed by atoms with Crippen molar-refractivity contribution >= 4 is 6.08 Å². The molecule has 102 valence electrons. The third-order valence-corrected chi connectivity index (χ3v) is 3.86. The normalized spacial score (nSPS) is 20.8. The van der Waals surface area contributed by atoms with Crippen molar-refractivity contribution in [3.05, 3.63) is 30.1 Å². The lowest BCUT2D eigenvalue weighted by Gasteiger charge is -2.19. The largest absolute Gasteiger partial charge is 0.492 e. The fourth-order valence-corrected chi connectivity index (χ4v) is 2.39. The summed E-state index contributed by atoms with van der Waals surface area (Å²) in [6.45, 7) is 3.12. The molecule has 2 heterocycles. The fraction of sp³-hybridized carbons (Fsp3) is 0.562. The van der Waals surface area contributed by atoms with Gasteiger partial charge in [-0.05, 0) is 62.2 Å². The molecule has 0 atom stereocenters. The van der Waals surface area contributed by atoms with Gasteiger partial charge in [0.1, 0.15) is 5.75 Å². The average molecular weight is 258 g/mol. The topological polar surface area (TPSA) is 34.2 Å². The van der Waals surface area contributed by atoms with E-state index in [0.717, 1.165) is 36.9 Å². The maximum Gasteiger partial charge on any atom is 0.138 e. The zero-order valence-corrected chi connectivity index (χ0v) is 11.3. The van der Waals surface area contributed by atoms with Gasteiger partial charge in [-0.25, -0.2) is 0 Å². The van der Waals surface area contributed by atoms with Crippen molar-refractivity contribution in [1.29, 1.82) is 0 Å². The van der Waals surface area contributed by atoms with E-state index in [1.165, 1.54) is 25.7 Å². The molecule has 0 bridgehead atoms. The van der Waals surface area contributed by atoms with Crippen LogP contribution < -0.4 is 10.1 Å². The maximum atomic E-state index is 5.76. The van der Waals surface area contributed by atoms with Gasteiger partial charge in [-0.2, -0.15) is 0 Å². The number of pyridine rings is 1. The van der Waals surface area contributed by atoms with Gasteiger partial charge >= 0.3 is 0 Å². The van der Waals surface area contributed by atoms with Crippen LogP contribution in [0.15, 0.2) is 24.5 Å². The molecule has 3 heteroatoms. The Morgan fingerprint density at radius 2 is 2.05 bits per heavy atom. The molecule has 1 aliphatic carbocycles. The zero-order chi connectivity index (χ0) is 12.9.